The number of carbonyl (C=O) groups excluding carboxylic acids is 1. The van der Waals surface area contributed by atoms with Gasteiger partial charge in [0.05, 0.1) is 13.2 Å². The van der Waals surface area contributed by atoms with Gasteiger partial charge in [-0.2, -0.15) is 0 Å². The van der Waals surface area contributed by atoms with Gasteiger partial charge in [0.15, 0.2) is 0 Å². The Balaban J connectivity index is 1.65. The van der Waals surface area contributed by atoms with Crippen molar-refractivity contribution in [3.8, 4) is 0 Å². The summed E-state index contributed by atoms with van der Waals surface area (Å²) in [7, 11) is 0. The van der Waals surface area contributed by atoms with Crippen LogP contribution in [0.4, 0.5) is 4.79 Å². The highest BCUT2D eigenvalue weighted by atomic mass is 16.7. The molecule has 2 atom stereocenters. The molecular weight excluding hydrogens is 444 g/mol. The maximum Gasteiger partial charge on any atom is 0.508 e. The smallest absolute Gasteiger partial charge is 0.434 e. The lowest BCUT2D eigenvalue weighted by Gasteiger charge is -2.18. The van der Waals surface area contributed by atoms with E-state index in [9.17, 15) is 4.79 Å². The fraction of sp³-hybridized carbons (Fsp3) is 0.606. The standard InChI is InChI=1S/C33H50O3/c1-3-5-7-11-19-31(29-21-13-9-14-22-29)25-17-27-35-33(34)36-28-18-26-32(20-12-8-6-4-2)30-23-15-10-16-24-30/h9-10,13-16,21-24,31-32H,3-8,11-12,17-20,25-28H2,1-2H3. The van der Waals surface area contributed by atoms with Crippen molar-refractivity contribution >= 4 is 6.16 Å². The molecule has 0 saturated heterocycles. The van der Waals surface area contributed by atoms with Gasteiger partial charge in [0, 0.05) is 0 Å². The lowest BCUT2D eigenvalue weighted by molar-refractivity contribution is 0.0523. The largest absolute Gasteiger partial charge is 0.508 e. The fourth-order valence-electron chi connectivity index (χ4n) is 5.05. The van der Waals surface area contributed by atoms with Crippen molar-refractivity contribution in [1.82, 2.24) is 0 Å². The number of benzene rings is 2. The summed E-state index contributed by atoms with van der Waals surface area (Å²) in [6.45, 7) is 5.37. The average molecular weight is 495 g/mol. The molecule has 0 aliphatic rings. The molecule has 0 radical (unpaired) electrons. The monoisotopic (exact) mass is 494 g/mol. The highest BCUT2D eigenvalue weighted by Crippen LogP contribution is 2.28. The summed E-state index contributed by atoms with van der Waals surface area (Å²) in [6, 6.07) is 21.5. The Morgan fingerprint density at radius 3 is 1.33 bits per heavy atom. The molecule has 0 aliphatic heterocycles. The van der Waals surface area contributed by atoms with Crippen LogP contribution in [0.1, 0.15) is 127 Å². The second-order valence-corrected chi connectivity index (χ2v) is 10.1. The number of hydrogen-bond acceptors (Lipinski definition) is 3. The van der Waals surface area contributed by atoms with Crippen LogP contribution in [-0.4, -0.2) is 19.4 Å². The predicted octanol–water partition coefficient (Wildman–Crippen LogP) is 10.2. The molecule has 0 heterocycles. The molecule has 0 aromatic heterocycles. The van der Waals surface area contributed by atoms with E-state index in [0.29, 0.717) is 25.0 Å². The van der Waals surface area contributed by atoms with Crippen LogP contribution in [0.5, 0.6) is 0 Å². The molecule has 2 aromatic rings. The van der Waals surface area contributed by atoms with E-state index in [1.54, 1.807) is 0 Å². The second kappa shape index (κ2) is 19.8. The molecule has 0 N–H and O–H groups in total. The van der Waals surface area contributed by atoms with Gasteiger partial charge in [-0.05, 0) is 61.5 Å². The van der Waals surface area contributed by atoms with Crippen LogP contribution in [0.2, 0.25) is 0 Å². The first kappa shape index (κ1) is 29.9. The first-order valence-electron chi connectivity index (χ1n) is 14.6. The Bertz CT molecular complexity index is 709. The third-order valence-electron chi connectivity index (χ3n) is 7.19. The molecule has 0 fully saturated rings. The van der Waals surface area contributed by atoms with Crippen molar-refractivity contribution < 1.29 is 14.3 Å². The lowest BCUT2D eigenvalue weighted by Crippen LogP contribution is -2.11. The summed E-state index contributed by atoms with van der Waals surface area (Å²) >= 11 is 0. The quantitative estimate of drug-likeness (QED) is 0.136. The van der Waals surface area contributed by atoms with Gasteiger partial charge in [-0.15, -0.1) is 0 Å². The van der Waals surface area contributed by atoms with Crippen molar-refractivity contribution in [2.24, 2.45) is 0 Å². The van der Waals surface area contributed by atoms with Crippen molar-refractivity contribution in [2.45, 2.75) is 116 Å². The van der Waals surface area contributed by atoms with Gasteiger partial charge in [0.2, 0.25) is 0 Å². The van der Waals surface area contributed by atoms with E-state index in [2.05, 4.69) is 74.5 Å². The Hall–Kier alpha value is -2.29. The van der Waals surface area contributed by atoms with E-state index in [-0.39, 0.29) is 0 Å². The van der Waals surface area contributed by atoms with Gasteiger partial charge < -0.3 is 9.47 Å². The maximum atomic E-state index is 12.1. The van der Waals surface area contributed by atoms with E-state index in [1.807, 2.05) is 0 Å². The molecule has 36 heavy (non-hydrogen) atoms. The summed E-state index contributed by atoms with van der Waals surface area (Å²) in [6.07, 6.45) is 16.0. The molecule has 0 spiro atoms. The van der Waals surface area contributed by atoms with Crippen molar-refractivity contribution in [1.29, 1.82) is 0 Å². The second-order valence-electron chi connectivity index (χ2n) is 10.1. The van der Waals surface area contributed by atoms with Gasteiger partial charge >= 0.3 is 6.16 Å². The number of ether oxygens (including phenoxy) is 2. The van der Waals surface area contributed by atoms with E-state index < -0.39 is 6.16 Å². The zero-order valence-electron chi connectivity index (χ0n) is 23.0. The summed E-state index contributed by atoms with van der Waals surface area (Å²) in [5.41, 5.74) is 2.80. The van der Waals surface area contributed by atoms with Crippen LogP contribution in [0.3, 0.4) is 0 Å². The van der Waals surface area contributed by atoms with E-state index in [4.69, 9.17) is 9.47 Å². The van der Waals surface area contributed by atoms with Gasteiger partial charge in [-0.3, -0.25) is 0 Å². The van der Waals surface area contributed by atoms with Crippen molar-refractivity contribution in [3.63, 3.8) is 0 Å². The molecule has 2 unspecified atom stereocenters. The predicted molar refractivity (Wildman–Crippen MR) is 152 cm³/mol. The zero-order valence-corrected chi connectivity index (χ0v) is 23.0. The normalized spacial score (nSPS) is 12.7. The fourth-order valence-corrected chi connectivity index (χ4v) is 5.05. The van der Waals surface area contributed by atoms with E-state index >= 15 is 0 Å². The minimum atomic E-state index is -0.520. The zero-order chi connectivity index (χ0) is 25.7. The minimum Gasteiger partial charge on any atom is -0.434 e. The molecule has 3 nitrogen and oxygen atoms in total. The molecule has 2 rings (SSSR count). The van der Waals surface area contributed by atoms with E-state index in [1.165, 1.54) is 75.3 Å². The highest BCUT2D eigenvalue weighted by molar-refractivity contribution is 5.59. The molecule has 0 bridgehead atoms. The third-order valence-corrected chi connectivity index (χ3v) is 7.19. The SMILES string of the molecule is CCCCCCC(CCCOC(=O)OCCCC(CCCCCC)c1ccccc1)c1ccccc1. The Morgan fingerprint density at radius 1 is 0.556 bits per heavy atom. The number of rotatable bonds is 20. The maximum absolute atomic E-state index is 12.1. The van der Waals surface area contributed by atoms with Crippen LogP contribution < -0.4 is 0 Å². The van der Waals surface area contributed by atoms with Gasteiger partial charge in [0.1, 0.15) is 0 Å². The minimum absolute atomic E-state index is 0.432. The van der Waals surface area contributed by atoms with Gasteiger partial charge in [-0.25, -0.2) is 4.79 Å². The topological polar surface area (TPSA) is 35.5 Å². The molecular formula is C33H50O3. The van der Waals surface area contributed by atoms with E-state index in [0.717, 1.165) is 25.7 Å². The summed E-state index contributed by atoms with van der Waals surface area (Å²) in [5, 5.41) is 0. The lowest BCUT2D eigenvalue weighted by atomic mass is 9.89. The molecule has 0 amide bonds. The van der Waals surface area contributed by atoms with Crippen LogP contribution in [0.15, 0.2) is 60.7 Å². The van der Waals surface area contributed by atoms with Crippen LogP contribution in [0, 0.1) is 0 Å². The summed E-state index contributed by atoms with van der Waals surface area (Å²) in [4.78, 5) is 12.1. The van der Waals surface area contributed by atoms with Gasteiger partial charge in [-0.1, -0.05) is 126 Å². The van der Waals surface area contributed by atoms with Crippen LogP contribution >= 0.6 is 0 Å². The Morgan fingerprint density at radius 2 is 0.944 bits per heavy atom. The molecule has 200 valence electrons. The molecule has 2 aromatic carbocycles. The highest BCUT2D eigenvalue weighted by Gasteiger charge is 2.14. The molecule has 3 heteroatoms. The van der Waals surface area contributed by atoms with Crippen molar-refractivity contribution in [2.75, 3.05) is 13.2 Å². The van der Waals surface area contributed by atoms with Crippen molar-refractivity contribution in [3.05, 3.63) is 71.8 Å². The van der Waals surface area contributed by atoms with Crippen LogP contribution in [0.25, 0.3) is 0 Å². The number of hydrogen-bond donors (Lipinski definition) is 0. The third kappa shape index (κ3) is 13.1. The summed E-state index contributed by atoms with van der Waals surface area (Å²) < 4.78 is 10.8. The van der Waals surface area contributed by atoms with Gasteiger partial charge in [0.25, 0.3) is 0 Å². The van der Waals surface area contributed by atoms with Crippen LogP contribution in [-0.2, 0) is 9.47 Å². The Kier molecular flexibility index (Phi) is 16.5. The first-order valence-corrected chi connectivity index (χ1v) is 14.6. The molecule has 0 aliphatic carbocycles. The first-order chi connectivity index (χ1) is 17.7. The number of carbonyl (C=O) groups is 1. The summed E-state index contributed by atoms with van der Waals surface area (Å²) in [5.74, 6) is 1.07. The number of unbranched alkanes of at least 4 members (excludes halogenated alkanes) is 6. The Labute approximate surface area is 221 Å². The molecule has 0 saturated carbocycles. The average Bonchev–Trinajstić information content (AvgIpc) is 2.92.